The van der Waals surface area contributed by atoms with Gasteiger partial charge in [0.15, 0.2) is 11.5 Å². The highest BCUT2D eigenvalue weighted by Gasteiger charge is 2.71. The quantitative estimate of drug-likeness (QED) is 0.138. The summed E-state index contributed by atoms with van der Waals surface area (Å²) in [6.07, 6.45) is -10.9. The summed E-state index contributed by atoms with van der Waals surface area (Å²) in [5.74, 6) is 0.625. The Hall–Kier alpha value is -2.95. The molecular formula is C27H27F6IN2O6. The maximum absolute atomic E-state index is 13.4. The van der Waals surface area contributed by atoms with Crippen molar-refractivity contribution >= 4 is 34.5 Å². The average Bonchev–Trinajstić information content (AvgIpc) is 3.45. The molecule has 230 valence electrons. The van der Waals surface area contributed by atoms with Gasteiger partial charge in [-0.3, -0.25) is 9.69 Å². The number of aliphatic hydroxyl groups is 1. The first kappa shape index (κ1) is 32.0. The SMILES string of the molecule is CCCc1cc(C(O)(C(F)(F)F)C(F)(F)F)cc(I)c1OCCCCN1C(=O)NC(C)(c2ccc3c(c2)OCO3)C1=O. The highest BCUT2D eigenvalue weighted by molar-refractivity contribution is 14.1. The first-order valence-electron chi connectivity index (χ1n) is 12.9. The molecule has 1 atom stereocenters. The van der Waals surface area contributed by atoms with E-state index in [1.807, 2.05) is 0 Å². The number of nitrogens with one attached hydrogen (secondary N) is 1. The Labute approximate surface area is 250 Å². The summed E-state index contributed by atoms with van der Waals surface area (Å²) >= 11 is 1.57. The third-order valence-corrected chi connectivity index (χ3v) is 7.93. The molecular weight excluding hydrogens is 689 g/mol. The lowest BCUT2D eigenvalue weighted by atomic mass is 9.90. The molecule has 2 aromatic carbocycles. The van der Waals surface area contributed by atoms with Crippen molar-refractivity contribution in [2.75, 3.05) is 19.9 Å². The van der Waals surface area contributed by atoms with Crippen LogP contribution in [-0.4, -0.2) is 54.2 Å². The van der Waals surface area contributed by atoms with Crippen molar-refractivity contribution < 1.29 is 55.2 Å². The Morgan fingerprint density at radius 3 is 2.36 bits per heavy atom. The summed E-state index contributed by atoms with van der Waals surface area (Å²) in [7, 11) is 0. The minimum absolute atomic E-state index is 0.0119. The Morgan fingerprint density at radius 2 is 1.71 bits per heavy atom. The lowest BCUT2D eigenvalue weighted by Gasteiger charge is -2.33. The maximum atomic E-state index is 13.4. The second-order valence-electron chi connectivity index (χ2n) is 10.0. The summed E-state index contributed by atoms with van der Waals surface area (Å²) in [6, 6.07) is 5.64. The van der Waals surface area contributed by atoms with Crippen LogP contribution in [0.25, 0.3) is 0 Å². The van der Waals surface area contributed by atoms with Crippen molar-refractivity contribution in [3.05, 3.63) is 50.6 Å². The standard InChI is InChI=1S/C27H27F6IN2O6/c1-3-6-15-11-17(25(39,26(28,29)30)27(31,32)33)12-18(34)21(15)40-10-5-4-9-36-22(37)24(2,35-23(36)38)16-7-8-19-20(13-16)42-14-41-19/h7-8,11-13,39H,3-6,9-10,14H2,1-2H3,(H,35,38). The molecule has 2 heterocycles. The molecule has 3 amide bonds. The molecule has 42 heavy (non-hydrogen) atoms. The van der Waals surface area contributed by atoms with Crippen molar-refractivity contribution in [2.45, 2.75) is 63.0 Å². The second kappa shape index (κ2) is 11.6. The lowest BCUT2D eigenvalue weighted by Crippen LogP contribution is -2.54. The molecule has 1 fully saturated rings. The Morgan fingerprint density at radius 1 is 1.05 bits per heavy atom. The lowest BCUT2D eigenvalue weighted by molar-refractivity contribution is -0.376. The highest BCUT2D eigenvalue weighted by atomic mass is 127. The molecule has 4 rings (SSSR count). The molecule has 0 spiro atoms. The number of carbonyl (C=O) groups is 2. The zero-order valence-electron chi connectivity index (χ0n) is 22.4. The van der Waals surface area contributed by atoms with Crippen LogP contribution in [0.3, 0.4) is 0 Å². The molecule has 0 radical (unpaired) electrons. The van der Waals surface area contributed by atoms with Crippen LogP contribution in [-0.2, 0) is 22.4 Å². The van der Waals surface area contributed by atoms with E-state index in [1.54, 1.807) is 54.6 Å². The number of rotatable bonds is 10. The van der Waals surface area contributed by atoms with Crippen LogP contribution in [0.15, 0.2) is 30.3 Å². The van der Waals surface area contributed by atoms with Gasteiger partial charge in [0, 0.05) is 12.1 Å². The number of carbonyl (C=O) groups excluding carboxylic acids is 2. The second-order valence-corrected chi connectivity index (χ2v) is 11.2. The van der Waals surface area contributed by atoms with E-state index in [9.17, 15) is 41.0 Å². The van der Waals surface area contributed by atoms with Crippen LogP contribution < -0.4 is 19.5 Å². The first-order valence-corrected chi connectivity index (χ1v) is 14.0. The number of nitrogens with zero attached hydrogens (tertiary/aromatic N) is 1. The number of benzene rings is 2. The fraction of sp³-hybridized carbons (Fsp3) is 0.481. The number of unbranched alkanes of at least 4 members (excludes halogenated alkanes) is 1. The van der Waals surface area contributed by atoms with Gasteiger partial charge in [-0.15, -0.1) is 0 Å². The van der Waals surface area contributed by atoms with Crippen molar-refractivity contribution in [3.63, 3.8) is 0 Å². The number of imide groups is 1. The van der Waals surface area contributed by atoms with Gasteiger partial charge < -0.3 is 24.6 Å². The van der Waals surface area contributed by atoms with Gasteiger partial charge in [-0.25, -0.2) is 4.79 Å². The fourth-order valence-corrected chi connectivity index (χ4v) is 5.65. The van der Waals surface area contributed by atoms with E-state index in [-0.39, 0.29) is 41.2 Å². The summed E-state index contributed by atoms with van der Waals surface area (Å²) in [5.41, 5.74) is -7.11. The van der Waals surface area contributed by atoms with Crippen LogP contribution >= 0.6 is 22.6 Å². The molecule has 1 unspecified atom stereocenters. The number of urea groups is 1. The van der Waals surface area contributed by atoms with E-state index < -0.39 is 41.0 Å². The van der Waals surface area contributed by atoms with Gasteiger partial charge in [0.2, 0.25) is 6.79 Å². The molecule has 1 saturated heterocycles. The van der Waals surface area contributed by atoms with E-state index in [0.717, 1.165) is 4.90 Å². The minimum atomic E-state index is -6.00. The van der Waals surface area contributed by atoms with Gasteiger partial charge in [0.25, 0.3) is 11.5 Å². The molecule has 2 aliphatic rings. The number of aryl methyl sites for hydroxylation is 1. The van der Waals surface area contributed by atoms with Crippen LogP contribution in [0.1, 0.15) is 49.8 Å². The highest BCUT2D eigenvalue weighted by Crippen LogP contribution is 2.51. The average molecular weight is 716 g/mol. The number of alkyl halides is 6. The van der Waals surface area contributed by atoms with Crippen LogP contribution in [0.5, 0.6) is 17.2 Å². The first-order chi connectivity index (χ1) is 19.5. The van der Waals surface area contributed by atoms with Crippen LogP contribution in [0.2, 0.25) is 0 Å². The molecule has 8 nitrogen and oxygen atoms in total. The van der Waals surface area contributed by atoms with Crippen molar-refractivity contribution in [1.29, 1.82) is 0 Å². The van der Waals surface area contributed by atoms with E-state index in [1.165, 1.54) is 0 Å². The van der Waals surface area contributed by atoms with E-state index in [2.05, 4.69) is 5.32 Å². The van der Waals surface area contributed by atoms with Crippen molar-refractivity contribution in [3.8, 4) is 17.2 Å². The molecule has 2 N–H and O–H groups in total. The van der Waals surface area contributed by atoms with Crippen LogP contribution in [0, 0.1) is 3.57 Å². The van der Waals surface area contributed by atoms with Gasteiger partial charge >= 0.3 is 18.4 Å². The molecule has 0 aromatic heterocycles. The number of halogens is 7. The zero-order valence-corrected chi connectivity index (χ0v) is 24.6. The summed E-state index contributed by atoms with van der Waals surface area (Å²) < 4.78 is 97.0. The third-order valence-electron chi connectivity index (χ3n) is 7.13. The molecule has 15 heteroatoms. The summed E-state index contributed by atoms with van der Waals surface area (Å²) in [4.78, 5) is 26.9. The predicted molar refractivity (Wildman–Crippen MR) is 144 cm³/mol. The number of amides is 3. The van der Waals surface area contributed by atoms with Crippen molar-refractivity contribution in [1.82, 2.24) is 10.2 Å². The van der Waals surface area contributed by atoms with E-state index in [4.69, 9.17) is 14.2 Å². The van der Waals surface area contributed by atoms with Gasteiger partial charge in [0.05, 0.1) is 10.2 Å². The number of hydrogen-bond donors (Lipinski definition) is 2. The smallest absolute Gasteiger partial charge is 0.430 e. The van der Waals surface area contributed by atoms with Gasteiger partial charge in [0.1, 0.15) is 11.3 Å². The third kappa shape index (κ3) is 5.68. The number of hydrogen-bond acceptors (Lipinski definition) is 6. The molecule has 0 bridgehead atoms. The monoisotopic (exact) mass is 716 g/mol. The molecule has 2 aromatic rings. The topological polar surface area (TPSA) is 97.3 Å². The molecule has 0 saturated carbocycles. The normalized spacial score (nSPS) is 19.0. The van der Waals surface area contributed by atoms with Crippen LogP contribution in [0.4, 0.5) is 31.1 Å². The summed E-state index contributed by atoms with van der Waals surface area (Å²) in [6.45, 7) is 3.39. The number of fused-ring (bicyclic) bond motifs is 1. The Balaban J connectivity index is 1.41. The largest absolute Gasteiger partial charge is 0.492 e. The van der Waals surface area contributed by atoms with Gasteiger partial charge in [-0.1, -0.05) is 19.4 Å². The van der Waals surface area contributed by atoms with Crippen molar-refractivity contribution in [2.24, 2.45) is 0 Å². The fourth-order valence-electron chi connectivity index (χ4n) is 4.81. The zero-order chi connectivity index (χ0) is 31.1. The van der Waals surface area contributed by atoms with E-state index in [0.29, 0.717) is 48.5 Å². The van der Waals surface area contributed by atoms with Gasteiger partial charge in [-0.2, -0.15) is 26.3 Å². The summed E-state index contributed by atoms with van der Waals surface area (Å²) in [5, 5.41) is 12.5. The van der Waals surface area contributed by atoms with Gasteiger partial charge in [-0.05, 0) is 84.2 Å². The number of ether oxygens (including phenoxy) is 3. The van der Waals surface area contributed by atoms with E-state index >= 15 is 0 Å². The maximum Gasteiger partial charge on any atom is 0.430 e. The molecule has 0 aliphatic carbocycles. The minimum Gasteiger partial charge on any atom is -0.492 e. The Kier molecular flexibility index (Phi) is 8.84. The Bertz CT molecular complexity index is 1350. The predicted octanol–water partition coefficient (Wildman–Crippen LogP) is 5.91. The molecule has 2 aliphatic heterocycles.